The highest BCUT2D eigenvalue weighted by Gasteiger charge is 2.35. The monoisotopic (exact) mass is 391 g/mol. The molecule has 140 valence electrons. The van der Waals surface area contributed by atoms with Gasteiger partial charge in [0.25, 0.3) is 0 Å². The van der Waals surface area contributed by atoms with E-state index in [2.05, 4.69) is 22.3 Å². The number of rotatable bonds is 4. The van der Waals surface area contributed by atoms with Gasteiger partial charge in [-0.1, -0.05) is 66.4 Å². The van der Waals surface area contributed by atoms with Crippen LogP contribution in [0.15, 0.2) is 76.9 Å². The van der Waals surface area contributed by atoms with Gasteiger partial charge in [0, 0.05) is 5.56 Å². The van der Waals surface area contributed by atoms with Crippen molar-refractivity contribution < 1.29 is 9.18 Å². The Kier molecular flexibility index (Phi) is 5.21. The molecule has 0 bridgehead atoms. The SMILES string of the molecule is CC1S/C(=N/N=C/c2cccc3ccccc23)N(Cc2ccc(F)cc2)C1=O. The summed E-state index contributed by atoms with van der Waals surface area (Å²) in [5.74, 6) is -0.318. The minimum Gasteiger partial charge on any atom is -0.284 e. The highest BCUT2D eigenvalue weighted by Crippen LogP contribution is 2.28. The number of nitrogens with zero attached hydrogens (tertiary/aromatic N) is 3. The van der Waals surface area contributed by atoms with E-state index >= 15 is 0 Å². The van der Waals surface area contributed by atoms with Crippen LogP contribution in [0.3, 0.4) is 0 Å². The number of halogens is 1. The highest BCUT2D eigenvalue weighted by atomic mass is 32.2. The van der Waals surface area contributed by atoms with Crippen molar-refractivity contribution in [2.24, 2.45) is 10.2 Å². The Morgan fingerprint density at radius 3 is 2.64 bits per heavy atom. The van der Waals surface area contributed by atoms with Gasteiger partial charge in [-0.25, -0.2) is 4.39 Å². The molecular weight excluding hydrogens is 373 g/mol. The summed E-state index contributed by atoms with van der Waals surface area (Å²) >= 11 is 1.38. The molecule has 1 saturated heterocycles. The quantitative estimate of drug-likeness (QED) is 0.472. The molecule has 0 aliphatic carbocycles. The Morgan fingerprint density at radius 1 is 1.07 bits per heavy atom. The maximum absolute atomic E-state index is 13.1. The van der Waals surface area contributed by atoms with Crippen LogP contribution in [0, 0.1) is 5.82 Å². The molecule has 4 nitrogen and oxygen atoms in total. The van der Waals surface area contributed by atoms with Crippen LogP contribution in [0.5, 0.6) is 0 Å². The van der Waals surface area contributed by atoms with Gasteiger partial charge in [0.1, 0.15) is 5.82 Å². The van der Waals surface area contributed by atoms with E-state index in [0.29, 0.717) is 11.7 Å². The maximum atomic E-state index is 13.1. The summed E-state index contributed by atoms with van der Waals surface area (Å²) in [7, 11) is 0. The van der Waals surface area contributed by atoms with Gasteiger partial charge in [0.05, 0.1) is 18.0 Å². The average molecular weight is 391 g/mol. The molecule has 1 atom stereocenters. The van der Waals surface area contributed by atoms with Crippen molar-refractivity contribution >= 4 is 39.8 Å². The first kappa shape index (κ1) is 18.4. The van der Waals surface area contributed by atoms with Gasteiger partial charge in [0.15, 0.2) is 5.17 Å². The van der Waals surface area contributed by atoms with E-state index in [1.165, 1.54) is 23.9 Å². The van der Waals surface area contributed by atoms with E-state index in [4.69, 9.17) is 0 Å². The van der Waals surface area contributed by atoms with Crippen molar-refractivity contribution in [3.05, 3.63) is 83.7 Å². The molecule has 3 aromatic rings. The summed E-state index contributed by atoms with van der Waals surface area (Å²) in [6.45, 7) is 2.20. The van der Waals surface area contributed by atoms with E-state index in [-0.39, 0.29) is 17.0 Å². The summed E-state index contributed by atoms with van der Waals surface area (Å²) < 4.78 is 13.1. The van der Waals surface area contributed by atoms with Gasteiger partial charge >= 0.3 is 0 Å². The standard InChI is InChI=1S/C22H18FN3OS/c1-15-21(27)26(14-16-9-11-19(23)12-10-16)22(28-15)25-24-13-18-7-4-6-17-5-2-3-8-20(17)18/h2-13,15H,14H2,1H3/b24-13+,25-22+. The number of amides is 1. The number of hydrogen-bond donors (Lipinski definition) is 0. The zero-order chi connectivity index (χ0) is 19.5. The predicted octanol–water partition coefficient (Wildman–Crippen LogP) is 4.83. The summed E-state index contributed by atoms with van der Waals surface area (Å²) in [5, 5.41) is 11.1. The lowest BCUT2D eigenvalue weighted by Gasteiger charge is -2.15. The molecule has 0 N–H and O–H groups in total. The normalized spacial score (nSPS) is 18.6. The second-order valence-corrected chi connectivity index (χ2v) is 7.81. The molecule has 0 radical (unpaired) electrons. The minimum absolute atomic E-state index is 0.0200. The van der Waals surface area contributed by atoms with Crippen molar-refractivity contribution in [2.75, 3.05) is 0 Å². The van der Waals surface area contributed by atoms with Gasteiger partial charge < -0.3 is 0 Å². The molecule has 6 heteroatoms. The third-order valence-electron chi connectivity index (χ3n) is 4.54. The molecule has 1 fully saturated rings. The van der Waals surface area contributed by atoms with E-state index in [1.54, 1.807) is 23.2 Å². The van der Waals surface area contributed by atoms with Gasteiger partial charge in [-0.05, 0) is 35.4 Å². The topological polar surface area (TPSA) is 45.0 Å². The Hall–Kier alpha value is -2.99. The first-order valence-corrected chi connectivity index (χ1v) is 9.81. The van der Waals surface area contributed by atoms with Crippen molar-refractivity contribution in [3.8, 4) is 0 Å². The molecule has 0 spiro atoms. The molecule has 1 aliphatic heterocycles. The lowest BCUT2D eigenvalue weighted by molar-refractivity contribution is -0.126. The molecule has 0 aromatic heterocycles. The van der Waals surface area contributed by atoms with Gasteiger partial charge in [-0.2, -0.15) is 5.10 Å². The molecule has 1 heterocycles. The Balaban J connectivity index is 1.58. The Morgan fingerprint density at radius 2 is 1.82 bits per heavy atom. The molecule has 1 amide bonds. The molecule has 1 aliphatic rings. The van der Waals surface area contributed by atoms with Crippen LogP contribution in [0.1, 0.15) is 18.1 Å². The summed E-state index contributed by atoms with van der Waals surface area (Å²) in [5.41, 5.74) is 1.81. The summed E-state index contributed by atoms with van der Waals surface area (Å²) in [4.78, 5) is 14.1. The summed E-state index contributed by atoms with van der Waals surface area (Å²) in [6.07, 6.45) is 1.71. The van der Waals surface area contributed by atoms with Crippen LogP contribution in [0.2, 0.25) is 0 Å². The van der Waals surface area contributed by atoms with E-state index in [9.17, 15) is 9.18 Å². The zero-order valence-electron chi connectivity index (χ0n) is 15.2. The smallest absolute Gasteiger partial charge is 0.242 e. The molecule has 4 rings (SSSR count). The fourth-order valence-electron chi connectivity index (χ4n) is 3.08. The van der Waals surface area contributed by atoms with Gasteiger partial charge in [-0.15, -0.1) is 5.10 Å². The fraction of sp³-hybridized carbons (Fsp3) is 0.136. The second-order valence-electron chi connectivity index (χ2n) is 6.51. The second kappa shape index (κ2) is 7.94. The third-order valence-corrected chi connectivity index (χ3v) is 5.61. The van der Waals surface area contributed by atoms with Crippen molar-refractivity contribution in [1.82, 2.24) is 4.90 Å². The third kappa shape index (κ3) is 3.82. The highest BCUT2D eigenvalue weighted by molar-refractivity contribution is 8.15. The fourth-order valence-corrected chi connectivity index (χ4v) is 4.01. The van der Waals surface area contributed by atoms with E-state index in [0.717, 1.165) is 21.9 Å². The molecule has 1 unspecified atom stereocenters. The summed E-state index contributed by atoms with van der Waals surface area (Å²) in [6, 6.07) is 20.2. The van der Waals surface area contributed by atoms with Crippen LogP contribution in [0.4, 0.5) is 4.39 Å². The van der Waals surface area contributed by atoms with Crippen molar-refractivity contribution in [3.63, 3.8) is 0 Å². The first-order chi connectivity index (χ1) is 13.6. The Bertz CT molecular complexity index is 1070. The van der Waals surface area contributed by atoms with Crippen molar-refractivity contribution in [2.45, 2.75) is 18.7 Å². The zero-order valence-corrected chi connectivity index (χ0v) is 16.1. The molecule has 3 aromatic carbocycles. The average Bonchev–Trinajstić information content (AvgIpc) is 2.97. The van der Waals surface area contributed by atoms with Crippen LogP contribution in [-0.4, -0.2) is 27.4 Å². The molecule has 0 saturated carbocycles. The molecular formula is C22H18FN3OS. The number of benzene rings is 3. The molecule has 28 heavy (non-hydrogen) atoms. The van der Waals surface area contributed by atoms with Crippen LogP contribution < -0.4 is 0 Å². The number of carbonyl (C=O) groups is 1. The maximum Gasteiger partial charge on any atom is 0.242 e. The van der Waals surface area contributed by atoms with Crippen LogP contribution >= 0.6 is 11.8 Å². The first-order valence-electron chi connectivity index (χ1n) is 8.93. The number of carbonyl (C=O) groups excluding carboxylic acids is 1. The number of thioether (sulfide) groups is 1. The lowest BCUT2D eigenvalue weighted by atomic mass is 10.1. The Labute approximate surface area is 166 Å². The van der Waals surface area contributed by atoms with Gasteiger partial charge in [0.2, 0.25) is 5.91 Å². The van der Waals surface area contributed by atoms with Crippen LogP contribution in [0.25, 0.3) is 10.8 Å². The van der Waals surface area contributed by atoms with Crippen LogP contribution in [-0.2, 0) is 11.3 Å². The number of fused-ring (bicyclic) bond motifs is 1. The van der Waals surface area contributed by atoms with E-state index < -0.39 is 0 Å². The largest absolute Gasteiger partial charge is 0.284 e. The van der Waals surface area contributed by atoms with Crippen molar-refractivity contribution in [1.29, 1.82) is 0 Å². The minimum atomic E-state index is -0.298. The number of amidine groups is 1. The predicted molar refractivity (Wildman–Crippen MR) is 113 cm³/mol. The number of hydrogen-bond acceptors (Lipinski definition) is 4. The lowest BCUT2D eigenvalue weighted by Crippen LogP contribution is -2.30. The van der Waals surface area contributed by atoms with E-state index in [1.807, 2.05) is 37.3 Å². The van der Waals surface area contributed by atoms with Gasteiger partial charge in [-0.3, -0.25) is 9.69 Å².